The Balaban J connectivity index is 2.21. The summed E-state index contributed by atoms with van der Waals surface area (Å²) in [6.45, 7) is 3.25. The van der Waals surface area contributed by atoms with Gasteiger partial charge in [0.25, 0.3) is 0 Å². The largest absolute Gasteiger partial charge is 0.384 e. The van der Waals surface area contributed by atoms with E-state index in [4.69, 9.17) is 0 Å². The Morgan fingerprint density at radius 2 is 1.75 bits per heavy atom. The van der Waals surface area contributed by atoms with Crippen LogP contribution in [0.5, 0.6) is 0 Å². The van der Waals surface area contributed by atoms with Crippen molar-refractivity contribution < 1.29 is 0 Å². The molecule has 16 heavy (non-hydrogen) atoms. The molecule has 0 spiro atoms. The minimum absolute atomic E-state index is 1.07. The van der Waals surface area contributed by atoms with E-state index in [1.165, 1.54) is 27.9 Å². The third kappa shape index (κ3) is 1.40. The standard InChI is InChI=1S/C15H15N/c1-11-5-2-3-6-12(11)13-7-4-8-15-14(13)9-10-16-15/h2-8,16H,9-10H2,1H3. The molecule has 0 aliphatic carbocycles. The fourth-order valence-corrected chi connectivity index (χ4v) is 2.47. The maximum absolute atomic E-state index is 3.43. The van der Waals surface area contributed by atoms with Gasteiger partial charge in [-0.25, -0.2) is 0 Å². The number of nitrogens with one attached hydrogen (secondary N) is 1. The van der Waals surface area contributed by atoms with Crippen LogP contribution in [0.3, 0.4) is 0 Å². The average molecular weight is 209 g/mol. The molecule has 0 saturated heterocycles. The van der Waals surface area contributed by atoms with Crippen LogP contribution in [-0.4, -0.2) is 6.54 Å². The second kappa shape index (κ2) is 3.67. The Kier molecular flexibility index (Phi) is 2.17. The highest BCUT2D eigenvalue weighted by Gasteiger charge is 2.15. The molecular formula is C15H15N. The Bertz CT molecular complexity index is 529. The van der Waals surface area contributed by atoms with Crippen molar-refractivity contribution in [3.8, 4) is 11.1 Å². The summed E-state index contributed by atoms with van der Waals surface area (Å²) < 4.78 is 0. The van der Waals surface area contributed by atoms with E-state index in [0.717, 1.165) is 13.0 Å². The number of hydrogen-bond acceptors (Lipinski definition) is 1. The van der Waals surface area contributed by atoms with Gasteiger partial charge < -0.3 is 5.32 Å². The molecule has 0 saturated carbocycles. The Hall–Kier alpha value is -1.76. The number of hydrogen-bond donors (Lipinski definition) is 1. The molecule has 0 fully saturated rings. The summed E-state index contributed by atoms with van der Waals surface area (Å²) in [7, 11) is 0. The normalized spacial score (nSPS) is 13.3. The molecule has 1 heteroatoms. The van der Waals surface area contributed by atoms with Gasteiger partial charge in [0.05, 0.1) is 0 Å². The number of aryl methyl sites for hydroxylation is 1. The molecule has 2 aromatic carbocycles. The maximum Gasteiger partial charge on any atom is 0.0379 e. The number of anilines is 1. The highest BCUT2D eigenvalue weighted by Crippen LogP contribution is 2.34. The van der Waals surface area contributed by atoms with Gasteiger partial charge in [-0.1, -0.05) is 36.4 Å². The predicted molar refractivity (Wildman–Crippen MR) is 68.8 cm³/mol. The van der Waals surface area contributed by atoms with Crippen molar-refractivity contribution in [2.75, 3.05) is 11.9 Å². The Morgan fingerprint density at radius 3 is 2.62 bits per heavy atom. The SMILES string of the molecule is Cc1ccccc1-c1cccc2c1CCN2. The van der Waals surface area contributed by atoms with Crippen LogP contribution in [0.2, 0.25) is 0 Å². The van der Waals surface area contributed by atoms with Gasteiger partial charge in [-0.3, -0.25) is 0 Å². The van der Waals surface area contributed by atoms with E-state index >= 15 is 0 Å². The lowest BCUT2D eigenvalue weighted by Gasteiger charge is -2.10. The Labute approximate surface area is 96.1 Å². The number of benzene rings is 2. The van der Waals surface area contributed by atoms with Crippen molar-refractivity contribution in [1.29, 1.82) is 0 Å². The van der Waals surface area contributed by atoms with Crippen LogP contribution in [0.1, 0.15) is 11.1 Å². The second-order valence-electron chi connectivity index (χ2n) is 4.32. The van der Waals surface area contributed by atoms with Crippen molar-refractivity contribution in [3.05, 3.63) is 53.6 Å². The number of fused-ring (bicyclic) bond motifs is 1. The van der Waals surface area contributed by atoms with Gasteiger partial charge in [0.15, 0.2) is 0 Å². The molecule has 80 valence electrons. The van der Waals surface area contributed by atoms with Crippen LogP contribution in [0.25, 0.3) is 11.1 Å². The van der Waals surface area contributed by atoms with E-state index in [1.807, 2.05) is 0 Å². The van der Waals surface area contributed by atoms with Crippen LogP contribution >= 0.6 is 0 Å². The molecule has 1 nitrogen and oxygen atoms in total. The van der Waals surface area contributed by atoms with E-state index in [9.17, 15) is 0 Å². The lowest BCUT2D eigenvalue weighted by Crippen LogP contribution is -1.90. The highest BCUT2D eigenvalue weighted by molar-refractivity contribution is 5.77. The summed E-state index contributed by atoms with van der Waals surface area (Å²) in [5.41, 5.74) is 6.88. The molecule has 0 aromatic heterocycles. The van der Waals surface area contributed by atoms with Crippen LogP contribution < -0.4 is 5.32 Å². The first-order valence-corrected chi connectivity index (χ1v) is 5.78. The van der Waals surface area contributed by atoms with Gasteiger partial charge in [-0.15, -0.1) is 0 Å². The molecule has 0 radical (unpaired) electrons. The summed E-state index contributed by atoms with van der Waals surface area (Å²) >= 11 is 0. The van der Waals surface area contributed by atoms with Crippen LogP contribution in [0.4, 0.5) is 5.69 Å². The third-order valence-corrected chi connectivity index (χ3v) is 3.30. The number of rotatable bonds is 1. The van der Waals surface area contributed by atoms with Crippen LogP contribution in [0.15, 0.2) is 42.5 Å². The fraction of sp³-hybridized carbons (Fsp3) is 0.200. The molecule has 3 rings (SSSR count). The molecule has 0 bridgehead atoms. The van der Waals surface area contributed by atoms with Crippen LogP contribution in [0, 0.1) is 6.92 Å². The van der Waals surface area contributed by atoms with E-state index in [-0.39, 0.29) is 0 Å². The average Bonchev–Trinajstić information content (AvgIpc) is 2.77. The van der Waals surface area contributed by atoms with Crippen molar-refractivity contribution in [2.24, 2.45) is 0 Å². The molecule has 1 aliphatic rings. The molecule has 1 N–H and O–H groups in total. The van der Waals surface area contributed by atoms with E-state index in [1.54, 1.807) is 0 Å². The quantitative estimate of drug-likeness (QED) is 0.756. The zero-order valence-electron chi connectivity index (χ0n) is 9.46. The fourth-order valence-electron chi connectivity index (χ4n) is 2.47. The van der Waals surface area contributed by atoms with E-state index in [2.05, 4.69) is 54.7 Å². The molecular weight excluding hydrogens is 194 g/mol. The minimum atomic E-state index is 1.07. The van der Waals surface area contributed by atoms with Crippen molar-refractivity contribution in [1.82, 2.24) is 0 Å². The summed E-state index contributed by atoms with van der Waals surface area (Å²) in [5, 5.41) is 3.43. The van der Waals surface area contributed by atoms with Gasteiger partial charge in [-0.2, -0.15) is 0 Å². The smallest absolute Gasteiger partial charge is 0.0379 e. The molecule has 2 aromatic rings. The third-order valence-electron chi connectivity index (χ3n) is 3.30. The highest BCUT2D eigenvalue weighted by atomic mass is 14.9. The lowest BCUT2D eigenvalue weighted by molar-refractivity contribution is 1.11. The first-order chi connectivity index (χ1) is 7.86. The molecule has 1 heterocycles. The van der Waals surface area contributed by atoms with E-state index < -0.39 is 0 Å². The zero-order valence-corrected chi connectivity index (χ0v) is 9.46. The molecule has 0 atom stereocenters. The molecule has 0 amide bonds. The first kappa shape index (κ1) is 9.46. The minimum Gasteiger partial charge on any atom is -0.384 e. The molecule has 1 aliphatic heterocycles. The van der Waals surface area contributed by atoms with Gasteiger partial charge in [0.1, 0.15) is 0 Å². The van der Waals surface area contributed by atoms with Crippen molar-refractivity contribution in [2.45, 2.75) is 13.3 Å². The van der Waals surface area contributed by atoms with Crippen LogP contribution in [-0.2, 0) is 6.42 Å². The summed E-state index contributed by atoms with van der Waals surface area (Å²) in [5.74, 6) is 0. The maximum atomic E-state index is 3.43. The van der Waals surface area contributed by atoms with E-state index in [0.29, 0.717) is 0 Å². The second-order valence-corrected chi connectivity index (χ2v) is 4.32. The zero-order chi connectivity index (χ0) is 11.0. The Morgan fingerprint density at radius 1 is 0.938 bits per heavy atom. The summed E-state index contributed by atoms with van der Waals surface area (Å²) in [4.78, 5) is 0. The van der Waals surface area contributed by atoms with Gasteiger partial charge in [0.2, 0.25) is 0 Å². The first-order valence-electron chi connectivity index (χ1n) is 5.78. The van der Waals surface area contributed by atoms with Gasteiger partial charge in [-0.05, 0) is 41.7 Å². The summed E-state index contributed by atoms with van der Waals surface area (Å²) in [6.07, 6.45) is 1.14. The van der Waals surface area contributed by atoms with Crippen molar-refractivity contribution >= 4 is 5.69 Å². The topological polar surface area (TPSA) is 12.0 Å². The lowest BCUT2D eigenvalue weighted by atomic mass is 9.95. The van der Waals surface area contributed by atoms with Crippen molar-refractivity contribution in [3.63, 3.8) is 0 Å². The monoisotopic (exact) mass is 209 g/mol. The predicted octanol–water partition coefficient (Wildman–Crippen LogP) is 3.63. The summed E-state index contributed by atoms with van der Waals surface area (Å²) in [6, 6.07) is 15.1. The van der Waals surface area contributed by atoms with Gasteiger partial charge in [0, 0.05) is 12.2 Å². The molecule has 0 unspecified atom stereocenters. The van der Waals surface area contributed by atoms with Gasteiger partial charge >= 0.3 is 0 Å².